The summed E-state index contributed by atoms with van der Waals surface area (Å²) in [5, 5.41) is 0. The van der Waals surface area contributed by atoms with Crippen molar-refractivity contribution in [2.24, 2.45) is 29.6 Å². The lowest BCUT2D eigenvalue weighted by molar-refractivity contribution is 0.164. The Morgan fingerprint density at radius 3 is 1.60 bits per heavy atom. The molecule has 0 radical (unpaired) electrons. The summed E-state index contributed by atoms with van der Waals surface area (Å²) in [4.78, 5) is 0. The van der Waals surface area contributed by atoms with Gasteiger partial charge in [0.1, 0.15) is 0 Å². The molecule has 0 saturated carbocycles. The fourth-order valence-electron chi connectivity index (χ4n) is 3.86. The van der Waals surface area contributed by atoms with E-state index in [9.17, 15) is 0 Å². The first-order valence-corrected chi connectivity index (χ1v) is 9.51. The van der Waals surface area contributed by atoms with E-state index in [-0.39, 0.29) is 0 Å². The molecule has 122 valence electrons. The van der Waals surface area contributed by atoms with Gasteiger partial charge in [-0.25, -0.2) is 0 Å². The molecule has 0 aliphatic heterocycles. The standard InChI is InChI=1S/C20H42/c1-8-13-20(15-12-14-16(5)9-2)18(7)17(6)19(10-3)11-4/h16-20H,8-15H2,1-7H3. The van der Waals surface area contributed by atoms with E-state index in [0.29, 0.717) is 0 Å². The molecular weight excluding hydrogens is 240 g/mol. The Labute approximate surface area is 130 Å². The quantitative estimate of drug-likeness (QED) is 0.351. The maximum absolute atomic E-state index is 2.53. The number of hydrogen-bond acceptors (Lipinski definition) is 0. The highest BCUT2D eigenvalue weighted by Gasteiger charge is 2.26. The zero-order chi connectivity index (χ0) is 15.5. The third-order valence-electron chi connectivity index (χ3n) is 5.99. The molecule has 0 aliphatic carbocycles. The summed E-state index contributed by atoms with van der Waals surface area (Å²) < 4.78 is 0. The first-order chi connectivity index (χ1) is 9.51. The van der Waals surface area contributed by atoms with E-state index >= 15 is 0 Å². The number of hydrogen-bond donors (Lipinski definition) is 0. The SMILES string of the molecule is CCCC(CCCC(C)CC)C(C)C(C)C(CC)CC. The van der Waals surface area contributed by atoms with Crippen molar-refractivity contribution in [1.82, 2.24) is 0 Å². The molecule has 0 spiro atoms. The van der Waals surface area contributed by atoms with E-state index in [1.807, 2.05) is 0 Å². The predicted octanol–water partition coefficient (Wildman–Crippen LogP) is 7.33. The Hall–Kier alpha value is 0. The van der Waals surface area contributed by atoms with E-state index < -0.39 is 0 Å². The van der Waals surface area contributed by atoms with Gasteiger partial charge >= 0.3 is 0 Å². The van der Waals surface area contributed by atoms with Crippen LogP contribution in [0, 0.1) is 29.6 Å². The normalized spacial score (nSPS) is 18.0. The van der Waals surface area contributed by atoms with Gasteiger partial charge in [-0.05, 0) is 29.6 Å². The first kappa shape index (κ1) is 20.0. The van der Waals surface area contributed by atoms with Gasteiger partial charge < -0.3 is 0 Å². The molecule has 0 amide bonds. The fraction of sp³-hybridized carbons (Fsp3) is 1.00. The van der Waals surface area contributed by atoms with Crippen LogP contribution in [0.15, 0.2) is 0 Å². The van der Waals surface area contributed by atoms with E-state index in [2.05, 4.69) is 48.5 Å². The highest BCUT2D eigenvalue weighted by atomic mass is 14.3. The van der Waals surface area contributed by atoms with Crippen LogP contribution in [0.3, 0.4) is 0 Å². The van der Waals surface area contributed by atoms with E-state index in [0.717, 1.165) is 29.6 Å². The second-order valence-electron chi connectivity index (χ2n) is 7.29. The molecule has 0 aromatic rings. The van der Waals surface area contributed by atoms with Crippen LogP contribution in [-0.2, 0) is 0 Å². The lowest BCUT2D eigenvalue weighted by Gasteiger charge is -2.33. The van der Waals surface area contributed by atoms with Gasteiger partial charge in [0.2, 0.25) is 0 Å². The molecule has 4 unspecified atom stereocenters. The Kier molecular flexibility index (Phi) is 11.6. The second-order valence-corrected chi connectivity index (χ2v) is 7.29. The van der Waals surface area contributed by atoms with Crippen molar-refractivity contribution in [2.75, 3.05) is 0 Å². The molecule has 0 saturated heterocycles. The summed E-state index contributed by atoms with van der Waals surface area (Å²) in [6, 6.07) is 0. The molecule has 4 atom stereocenters. The van der Waals surface area contributed by atoms with Gasteiger partial charge in [-0.15, -0.1) is 0 Å². The van der Waals surface area contributed by atoms with Gasteiger partial charge in [0.25, 0.3) is 0 Å². The molecule has 0 heterocycles. The fourth-order valence-corrected chi connectivity index (χ4v) is 3.86. The molecular formula is C20H42. The summed E-state index contributed by atoms with van der Waals surface area (Å²) in [6.07, 6.45) is 11.2. The summed E-state index contributed by atoms with van der Waals surface area (Å²) >= 11 is 0. The molecule has 0 aromatic carbocycles. The molecule has 0 nitrogen and oxygen atoms in total. The van der Waals surface area contributed by atoms with E-state index in [1.54, 1.807) is 0 Å². The van der Waals surface area contributed by atoms with Crippen molar-refractivity contribution >= 4 is 0 Å². The summed E-state index contributed by atoms with van der Waals surface area (Å²) in [5.41, 5.74) is 0. The van der Waals surface area contributed by atoms with Gasteiger partial charge in [-0.1, -0.05) is 99.8 Å². The van der Waals surface area contributed by atoms with Gasteiger partial charge in [-0.2, -0.15) is 0 Å². The van der Waals surface area contributed by atoms with Gasteiger partial charge in [0, 0.05) is 0 Å². The maximum Gasteiger partial charge on any atom is -0.0386 e. The monoisotopic (exact) mass is 282 g/mol. The van der Waals surface area contributed by atoms with Crippen molar-refractivity contribution in [3.05, 3.63) is 0 Å². The van der Waals surface area contributed by atoms with Crippen molar-refractivity contribution < 1.29 is 0 Å². The first-order valence-electron chi connectivity index (χ1n) is 9.51. The molecule has 0 aromatic heterocycles. The van der Waals surface area contributed by atoms with Crippen LogP contribution in [0.5, 0.6) is 0 Å². The topological polar surface area (TPSA) is 0 Å². The minimum absolute atomic E-state index is 0.894. The Morgan fingerprint density at radius 2 is 1.15 bits per heavy atom. The van der Waals surface area contributed by atoms with Crippen LogP contribution in [-0.4, -0.2) is 0 Å². The molecule has 0 N–H and O–H groups in total. The van der Waals surface area contributed by atoms with Crippen LogP contribution >= 0.6 is 0 Å². The van der Waals surface area contributed by atoms with Crippen LogP contribution < -0.4 is 0 Å². The Bertz CT molecular complexity index is 204. The molecule has 0 fully saturated rings. The maximum atomic E-state index is 2.53. The smallest absolute Gasteiger partial charge is 0.0386 e. The number of rotatable bonds is 12. The summed E-state index contributed by atoms with van der Waals surface area (Å²) in [7, 11) is 0. The average Bonchev–Trinajstić information content (AvgIpc) is 2.46. The Morgan fingerprint density at radius 1 is 0.600 bits per heavy atom. The summed E-state index contributed by atoms with van der Waals surface area (Å²) in [6.45, 7) is 16.9. The van der Waals surface area contributed by atoms with Crippen molar-refractivity contribution in [2.45, 2.75) is 99.8 Å². The predicted molar refractivity (Wildman–Crippen MR) is 94.1 cm³/mol. The van der Waals surface area contributed by atoms with Gasteiger partial charge in [-0.3, -0.25) is 0 Å². The highest BCUT2D eigenvalue weighted by molar-refractivity contribution is 4.76. The van der Waals surface area contributed by atoms with Crippen LogP contribution in [0.1, 0.15) is 99.8 Å². The third-order valence-corrected chi connectivity index (χ3v) is 5.99. The minimum Gasteiger partial charge on any atom is -0.0654 e. The van der Waals surface area contributed by atoms with Crippen LogP contribution in [0.2, 0.25) is 0 Å². The second kappa shape index (κ2) is 11.6. The summed E-state index contributed by atoms with van der Waals surface area (Å²) in [5.74, 6) is 4.60. The largest absolute Gasteiger partial charge is 0.0654 e. The zero-order valence-corrected chi connectivity index (χ0v) is 15.5. The van der Waals surface area contributed by atoms with Crippen molar-refractivity contribution in [1.29, 1.82) is 0 Å². The Balaban J connectivity index is 4.40. The lowest BCUT2D eigenvalue weighted by Crippen LogP contribution is -2.25. The average molecular weight is 283 g/mol. The molecule has 0 rings (SSSR count). The van der Waals surface area contributed by atoms with Crippen LogP contribution in [0.4, 0.5) is 0 Å². The van der Waals surface area contributed by atoms with E-state index in [4.69, 9.17) is 0 Å². The molecule has 0 aliphatic rings. The van der Waals surface area contributed by atoms with Crippen molar-refractivity contribution in [3.63, 3.8) is 0 Å². The van der Waals surface area contributed by atoms with Gasteiger partial charge in [0.05, 0.1) is 0 Å². The molecule has 0 bridgehead atoms. The molecule has 0 heteroatoms. The zero-order valence-electron chi connectivity index (χ0n) is 15.5. The highest BCUT2D eigenvalue weighted by Crippen LogP contribution is 2.35. The third kappa shape index (κ3) is 7.14. The molecule has 20 heavy (non-hydrogen) atoms. The lowest BCUT2D eigenvalue weighted by atomic mass is 9.72. The van der Waals surface area contributed by atoms with E-state index in [1.165, 1.54) is 51.4 Å². The van der Waals surface area contributed by atoms with Crippen LogP contribution in [0.25, 0.3) is 0 Å². The van der Waals surface area contributed by atoms with Crippen molar-refractivity contribution in [3.8, 4) is 0 Å². The minimum atomic E-state index is 0.894. The van der Waals surface area contributed by atoms with Gasteiger partial charge in [0.15, 0.2) is 0 Å².